The molecule has 3 rings (SSSR count). The van der Waals surface area contributed by atoms with Gasteiger partial charge in [-0.05, 0) is 42.5 Å². The SMILES string of the molecule is Cc1ccc2c(c1)CCc1cccnc1C2Cl. The predicted molar refractivity (Wildman–Crippen MR) is 70.5 cm³/mol. The van der Waals surface area contributed by atoms with Crippen LogP contribution in [-0.2, 0) is 12.8 Å². The molecule has 1 aliphatic rings. The summed E-state index contributed by atoms with van der Waals surface area (Å²) in [5.74, 6) is 0. The Balaban J connectivity index is 2.16. The standard InChI is InChI=1S/C15H14ClN/c1-10-4-7-13-12(9-10)6-5-11-3-2-8-17-15(11)14(13)16/h2-4,7-9,14H,5-6H2,1H3. The van der Waals surface area contributed by atoms with Crippen LogP contribution in [-0.4, -0.2) is 4.98 Å². The zero-order valence-electron chi connectivity index (χ0n) is 9.78. The lowest BCUT2D eigenvalue weighted by molar-refractivity contribution is 0.949. The van der Waals surface area contributed by atoms with E-state index < -0.39 is 0 Å². The molecule has 1 nitrogen and oxygen atoms in total. The molecular formula is C15H14ClN. The lowest BCUT2D eigenvalue weighted by Crippen LogP contribution is -1.99. The maximum atomic E-state index is 6.57. The molecule has 0 spiro atoms. The molecule has 0 saturated heterocycles. The fourth-order valence-electron chi connectivity index (χ4n) is 2.51. The van der Waals surface area contributed by atoms with Crippen molar-refractivity contribution in [2.75, 3.05) is 0 Å². The lowest BCUT2D eigenvalue weighted by Gasteiger charge is -2.12. The fraction of sp³-hybridized carbons (Fsp3) is 0.267. The van der Waals surface area contributed by atoms with Crippen LogP contribution in [0.4, 0.5) is 0 Å². The number of aryl methyl sites for hydroxylation is 3. The van der Waals surface area contributed by atoms with E-state index in [9.17, 15) is 0 Å². The number of pyridine rings is 1. The smallest absolute Gasteiger partial charge is 0.101 e. The van der Waals surface area contributed by atoms with Crippen LogP contribution in [0.15, 0.2) is 36.5 Å². The van der Waals surface area contributed by atoms with Gasteiger partial charge < -0.3 is 0 Å². The minimum Gasteiger partial charge on any atom is -0.259 e. The number of hydrogen-bond donors (Lipinski definition) is 0. The monoisotopic (exact) mass is 243 g/mol. The Labute approximate surface area is 106 Å². The highest BCUT2D eigenvalue weighted by atomic mass is 35.5. The zero-order chi connectivity index (χ0) is 11.8. The van der Waals surface area contributed by atoms with Crippen molar-refractivity contribution in [2.24, 2.45) is 0 Å². The maximum absolute atomic E-state index is 6.57. The molecule has 1 aromatic carbocycles. The summed E-state index contributed by atoms with van der Waals surface area (Å²) in [5, 5.41) is -0.107. The molecule has 0 saturated carbocycles. The topological polar surface area (TPSA) is 12.9 Å². The van der Waals surface area contributed by atoms with E-state index >= 15 is 0 Å². The first-order valence-corrected chi connectivity index (χ1v) is 6.36. The van der Waals surface area contributed by atoms with Crippen molar-refractivity contribution in [3.63, 3.8) is 0 Å². The number of nitrogens with zero attached hydrogens (tertiary/aromatic N) is 1. The molecule has 0 N–H and O–H groups in total. The van der Waals surface area contributed by atoms with Gasteiger partial charge in [0.2, 0.25) is 0 Å². The Morgan fingerprint density at radius 2 is 2.00 bits per heavy atom. The highest BCUT2D eigenvalue weighted by Gasteiger charge is 2.22. The number of benzene rings is 1. The molecule has 86 valence electrons. The van der Waals surface area contributed by atoms with Crippen LogP contribution in [0.3, 0.4) is 0 Å². The average molecular weight is 244 g/mol. The van der Waals surface area contributed by atoms with E-state index in [1.54, 1.807) is 0 Å². The predicted octanol–water partition coefficient (Wildman–Crippen LogP) is 3.82. The molecule has 1 atom stereocenters. The summed E-state index contributed by atoms with van der Waals surface area (Å²) in [6.45, 7) is 2.12. The highest BCUT2D eigenvalue weighted by Crippen LogP contribution is 2.35. The first-order chi connectivity index (χ1) is 8.25. The first-order valence-electron chi connectivity index (χ1n) is 5.93. The maximum Gasteiger partial charge on any atom is 0.101 e. The first kappa shape index (κ1) is 10.8. The summed E-state index contributed by atoms with van der Waals surface area (Å²) in [6, 6.07) is 10.6. The van der Waals surface area contributed by atoms with Crippen LogP contribution >= 0.6 is 11.6 Å². The Kier molecular flexibility index (Phi) is 2.64. The van der Waals surface area contributed by atoms with Gasteiger partial charge in [-0.2, -0.15) is 0 Å². The number of fused-ring (bicyclic) bond motifs is 2. The average Bonchev–Trinajstić information content (AvgIpc) is 2.48. The second-order valence-corrected chi connectivity index (χ2v) is 5.05. The third-order valence-corrected chi connectivity index (χ3v) is 3.84. The van der Waals surface area contributed by atoms with Gasteiger partial charge in [-0.3, -0.25) is 4.98 Å². The van der Waals surface area contributed by atoms with Gasteiger partial charge in [0.05, 0.1) is 5.69 Å². The van der Waals surface area contributed by atoms with Gasteiger partial charge in [0, 0.05) is 6.20 Å². The van der Waals surface area contributed by atoms with Gasteiger partial charge in [-0.1, -0.05) is 29.8 Å². The van der Waals surface area contributed by atoms with Crippen LogP contribution in [0, 0.1) is 6.92 Å². The number of alkyl halides is 1. The highest BCUT2D eigenvalue weighted by molar-refractivity contribution is 6.22. The van der Waals surface area contributed by atoms with Crippen LogP contribution in [0.25, 0.3) is 0 Å². The van der Waals surface area contributed by atoms with Crippen LogP contribution < -0.4 is 0 Å². The van der Waals surface area contributed by atoms with Crippen molar-refractivity contribution in [1.82, 2.24) is 4.98 Å². The van der Waals surface area contributed by atoms with E-state index in [-0.39, 0.29) is 5.38 Å². The Bertz CT molecular complexity index is 563. The molecule has 2 heteroatoms. The van der Waals surface area contributed by atoms with Crippen LogP contribution in [0.5, 0.6) is 0 Å². The second kappa shape index (κ2) is 4.15. The summed E-state index contributed by atoms with van der Waals surface area (Å²) in [4.78, 5) is 4.45. The second-order valence-electron chi connectivity index (χ2n) is 4.61. The number of aromatic nitrogens is 1. The number of halogens is 1. The summed E-state index contributed by atoms with van der Waals surface area (Å²) in [5.41, 5.74) is 6.18. The number of rotatable bonds is 0. The van der Waals surface area contributed by atoms with E-state index in [0.717, 1.165) is 18.5 Å². The molecule has 1 unspecified atom stereocenters. The summed E-state index contributed by atoms with van der Waals surface area (Å²) in [7, 11) is 0. The van der Waals surface area contributed by atoms with Crippen molar-refractivity contribution in [1.29, 1.82) is 0 Å². The molecule has 0 radical (unpaired) electrons. The van der Waals surface area contributed by atoms with E-state index in [2.05, 4.69) is 36.2 Å². The molecule has 1 heterocycles. The summed E-state index contributed by atoms with van der Waals surface area (Å²) >= 11 is 6.57. The minimum absolute atomic E-state index is 0.107. The van der Waals surface area contributed by atoms with Crippen LogP contribution in [0.2, 0.25) is 0 Å². The van der Waals surface area contributed by atoms with Gasteiger partial charge in [-0.25, -0.2) is 0 Å². The molecule has 0 fully saturated rings. The molecule has 1 aliphatic carbocycles. The van der Waals surface area contributed by atoms with E-state index in [1.807, 2.05) is 12.3 Å². The summed E-state index contributed by atoms with van der Waals surface area (Å²) < 4.78 is 0. The number of hydrogen-bond acceptors (Lipinski definition) is 1. The van der Waals surface area contributed by atoms with E-state index in [4.69, 9.17) is 11.6 Å². The van der Waals surface area contributed by atoms with Gasteiger partial charge in [-0.15, -0.1) is 11.6 Å². The quantitative estimate of drug-likeness (QED) is 0.641. The van der Waals surface area contributed by atoms with Gasteiger partial charge in [0.15, 0.2) is 0 Å². The molecule has 1 aromatic heterocycles. The molecule has 2 aromatic rings. The molecule has 0 bridgehead atoms. The minimum atomic E-state index is -0.107. The van der Waals surface area contributed by atoms with Gasteiger partial charge in [0.1, 0.15) is 5.38 Å². The fourth-order valence-corrected chi connectivity index (χ4v) is 2.91. The van der Waals surface area contributed by atoms with E-state index in [0.29, 0.717) is 0 Å². The van der Waals surface area contributed by atoms with Crippen LogP contribution in [0.1, 0.15) is 33.3 Å². The molecule has 0 aliphatic heterocycles. The Morgan fingerprint density at radius 1 is 1.18 bits per heavy atom. The van der Waals surface area contributed by atoms with Crippen molar-refractivity contribution in [3.05, 3.63) is 64.5 Å². The lowest BCUT2D eigenvalue weighted by atomic mass is 10.00. The van der Waals surface area contributed by atoms with Gasteiger partial charge >= 0.3 is 0 Å². The molecular weight excluding hydrogens is 230 g/mol. The third kappa shape index (κ3) is 1.85. The van der Waals surface area contributed by atoms with Crippen molar-refractivity contribution < 1.29 is 0 Å². The van der Waals surface area contributed by atoms with Crippen molar-refractivity contribution in [2.45, 2.75) is 25.1 Å². The Morgan fingerprint density at radius 3 is 2.88 bits per heavy atom. The van der Waals surface area contributed by atoms with Crippen molar-refractivity contribution >= 4 is 11.6 Å². The third-order valence-electron chi connectivity index (χ3n) is 3.40. The van der Waals surface area contributed by atoms with E-state index in [1.165, 1.54) is 22.3 Å². The Hall–Kier alpha value is -1.34. The largest absolute Gasteiger partial charge is 0.259 e. The van der Waals surface area contributed by atoms with Crippen molar-refractivity contribution in [3.8, 4) is 0 Å². The summed E-state index contributed by atoms with van der Waals surface area (Å²) in [6.07, 6.45) is 3.91. The molecule has 17 heavy (non-hydrogen) atoms. The molecule has 0 amide bonds. The zero-order valence-corrected chi connectivity index (χ0v) is 10.5. The van der Waals surface area contributed by atoms with Gasteiger partial charge in [0.25, 0.3) is 0 Å². The normalized spacial score (nSPS) is 18.1.